The summed E-state index contributed by atoms with van der Waals surface area (Å²) in [7, 11) is 3.38. The van der Waals surface area contributed by atoms with Crippen molar-refractivity contribution in [3.8, 4) is 0 Å². The molecule has 110 valence electrons. The minimum Gasteiger partial charge on any atom is -0.383 e. The van der Waals surface area contributed by atoms with E-state index in [9.17, 15) is 9.59 Å². The Labute approximate surface area is 122 Å². The molecule has 0 bridgehead atoms. The maximum Gasteiger partial charge on any atom is 0.225 e. The lowest BCUT2D eigenvalue weighted by molar-refractivity contribution is -0.141. The largest absolute Gasteiger partial charge is 0.383 e. The number of hydrogen-bond acceptors (Lipinski definition) is 4. The molecule has 0 radical (unpaired) electrons. The van der Waals surface area contributed by atoms with Crippen molar-refractivity contribution >= 4 is 23.2 Å². The van der Waals surface area contributed by atoms with Gasteiger partial charge in [-0.05, 0) is 17.9 Å². The Morgan fingerprint density at radius 1 is 1.60 bits per heavy atom. The average Bonchev–Trinajstić information content (AvgIpc) is 2.95. The van der Waals surface area contributed by atoms with Crippen LogP contribution in [-0.4, -0.2) is 44.0 Å². The summed E-state index contributed by atoms with van der Waals surface area (Å²) in [6.45, 7) is 0.998. The van der Waals surface area contributed by atoms with Gasteiger partial charge in [-0.2, -0.15) is 0 Å². The molecule has 6 heteroatoms. The van der Waals surface area contributed by atoms with Crippen LogP contribution >= 0.6 is 11.3 Å². The number of carbonyl (C=O) groups is 2. The summed E-state index contributed by atoms with van der Waals surface area (Å²) in [6, 6.07) is 3.78. The molecule has 5 nitrogen and oxygen atoms in total. The van der Waals surface area contributed by atoms with Crippen molar-refractivity contribution in [1.82, 2.24) is 10.2 Å². The standard InChI is InChI=1S/C14H20N2O3S/c1-16-12(17)6-5-10(14(18)15-7-8-19-2)13(16)11-4-3-9-20-11/h3-4,9-10,13H,5-8H2,1-2H3,(H,15,18)/t10-,13-/m1/s1. The fourth-order valence-electron chi connectivity index (χ4n) is 2.57. The SMILES string of the molecule is COCCNC(=O)[C@@H]1CCC(=O)N(C)[C@H]1c1cccs1. The van der Waals surface area contributed by atoms with Crippen LogP contribution in [0.15, 0.2) is 17.5 Å². The summed E-state index contributed by atoms with van der Waals surface area (Å²) >= 11 is 1.59. The van der Waals surface area contributed by atoms with E-state index in [1.165, 1.54) is 0 Å². The van der Waals surface area contributed by atoms with Crippen molar-refractivity contribution in [3.05, 3.63) is 22.4 Å². The number of piperidine rings is 1. The molecule has 0 aromatic carbocycles. The zero-order valence-corrected chi connectivity index (χ0v) is 12.6. The van der Waals surface area contributed by atoms with Gasteiger partial charge in [-0.25, -0.2) is 0 Å². The number of hydrogen-bond donors (Lipinski definition) is 1. The second-order valence-electron chi connectivity index (χ2n) is 4.89. The molecule has 2 amide bonds. The summed E-state index contributed by atoms with van der Waals surface area (Å²) in [5.41, 5.74) is 0. The van der Waals surface area contributed by atoms with Crippen molar-refractivity contribution < 1.29 is 14.3 Å². The van der Waals surface area contributed by atoms with E-state index in [1.54, 1.807) is 30.4 Å². The number of thiophene rings is 1. The lowest BCUT2D eigenvalue weighted by Gasteiger charge is -2.37. The van der Waals surface area contributed by atoms with Gasteiger partial charge in [0.05, 0.1) is 18.6 Å². The van der Waals surface area contributed by atoms with Gasteiger partial charge >= 0.3 is 0 Å². The predicted molar refractivity (Wildman–Crippen MR) is 77.4 cm³/mol. The highest BCUT2D eigenvalue weighted by Gasteiger charge is 2.39. The van der Waals surface area contributed by atoms with Gasteiger partial charge in [0.25, 0.3) is 0 Å². The van der Waals surface area contributed by atoms with Gasteiger partial charge in [-0.15, -0.1) is 11.3 Å². The number of nitrogens with zero attached hydrogens (tertiary/aromatic N) is 1. The maximum absolute atomic E-state index is 12.3. The van der Waals surface area contributed by atoms with Crippen LogP contribution in [0.5, 0.6) is 0 Å². The number of ether oxygens (including phenoxy) is 1. The predicted octanol–water partition coefficient (Wildman–Crippen LogP) is 1.42. The van der Waals surface area contributed by atoms with E-state index >= 15 is 0 Å². The van der Waals surface area contributed by atoms with Gasteiger partial charge < -0.3 is 15.0 Å². The Balaban J connectivity index is 2.12. The van der Waals surface area contributed by atoms with Crippen LogP contribution in [0.2, 0.25) is 0 Å². The van der Waals surface area contributed by atoms with E-state index in [0.717, 1.165) is 4.88 Å². The molecule has 1 aliphatic heterocycles. The average molecular weight is 296 g/mol. The molecule has 2 atom stereocenters. The Morgan fingerprint density at radius 2 is 2.40 bits per heavy atom. The van der Waals surface area contributed by atoms with E-state index < -0.39 is 0 Å². The van der Waals surface area contributed by atoms with Crippen LogP contribution in [0, 0.1) is 5.92 Å². The minimum absolute atomic E-state index is 0.000185. The van der Waals surface area contributed by atoms with E-state index in [4.69, 9.17) is 4.74 Å². The zero-order chi connectivity index (χ0) is 14.5. The van der Waals surface area contributed by atoms with E-state index in [0.29, 0.717) is 26.0 Å². The third kappa shape index (κ3) is 3.19. The molecule has 0 saturated carbocycles. The van der Waals surface area contributed by atoms with Crippen LogP contribution in [-0.2, 0) is 14.3 Å². The fourth-order valence-corrected chi connectivity index (χ4v) is 3.50. The molecule has 2 rings (SSSR count). The van der Waals surface area contributed by atoms with Crippen LogP contribution in [0.25, 0.3) is 0 Å². The number of nitrogens with one attached hydrogen (secondary N) is 1. The third-order valence-electron chi connectivity index (χ3n) is 3.64. The Morgan fingerprint density at radius 3 is 3.05 bits per heavy atom. The molecule has 1 fully saturated rings. The molecule has 0 aliphatic carbocycles. The molecule has 0 spiro atoms. The molecule has 1 saturated heterocycles. The van der Waals surface area contributed by atoms with Crippen LogP contribution in [0.3, 0.4) is 0 Å². The second-order valence-corrected chi connectivity index (χ2v) is 5.87. The van der Waals surface area contributed by atoms with Gasteiger partial charge in [-0.1, -0.05) is 6.07 Å². The highest BCUT2D eigenvalue weighted by atomic mass is 32.1. The monoisotopic (exact) mass is 296 g/mol. The molecular weight excluding hydrogens is 276 g/mol. The van der Waals surface area contributed by atoms with Crippen molar-refractivity contribution in [3.63, 3.8) is 0 Å². The van der Waals surface area contributed by atoms with Gasteiger partial charge in [-0.3, -0.25) is 9.59 Å². The number of carbonyl (C=O) groups excluding carboxylic acids is 2. The number of rotatable bonds is 5. The first-order chi connectivity index (χ1) is 9.65. The normalized spacial score (nSPS) is 22.9. The number of likely N-dealkylation sites (tertiary alicyclic amines) is 1. The molecule has 1 N–H and O–H groups in total. The summed E-state index contributed by atoms with van der Waals surface area (Å²) in [4.78, 5) is 27.0. The van der Waals surface area contributed by atoms with Crippen LogP contribution < -0.4 is 5.32 Å². The molecule has 20 heavy (non-hydrogen) atoms. The molecule has 2 heterocycles. The summed E-state index contributed by atoms with van der Waals surface area (Å²) in [6.07, 6.45) is 1.03. The molecule has 0 unspecified atom stereocenters. The van der Waals surface area contributed by atoms with E-state index in [1.807, 2.05) is 17.5 Å². The van der Waals surface area contributed by atoms with Crippen molar-refractivity contribution in [2.45, 2.75) is 18.9 Å². The quantitative estimate of drug-likeness (QED) is 0.836. The minimum atomic E-state index is -0.187. The number of amides is 2. The smallest absolute Gasteiger partial charge is 0.225 e. The fraction of sp³-hybridized carbons (Fsp3) is 0.571. The Bertz CT molecular complexity index is 461. The molecule has 1 aliphatic rings. The van der Waals surface area contributed by atoms with Gasteiger partial charge in [0.1, 0.15) is 0 Å². The highest BCUT2D eigenvalue weighted by Crippen LogP contribution is 2.37. The lowest BCUT2D eigenvalue weighted by Crippen LogP contribution is -2.46. The number of methoxy groups -OCH3 is 1. The first-order valence-corrected chi connectivity index (χ1v) is 7.59. The second kappa shape index (κ2) is 6.85. The van der Waals surface area contributed by atoms with Gasteiger partial charge in [0, 0.05) is 32.0 Å². The van der Waals surface area contributed by atoms with E-state index in [-0.39, 0.29) is 23.8 Å². The van der Waals surface area contributed by atoms with Crippen LogP contribution in [0.1, 0.15) is 23.8 Å². The van der Waals surface area contributed by atoms with Crippen molar-refractivity contribution in [1.29, 1.82) is 0 Å². The molecule has 1 aromatic heterocycles. The molecule has 1 aromatic rings. The lowest BCUT2D eigenvalue weighted by atomic mass is 9.87. The summed E-state index contributed by atoms with van der Waals surface area (Å²) in [5.74, 6) is -0.0858. The first-order valence-electron chi connectivity index (χ1n) is 6.71. The summed E-state index contributed by atoms with van der Waals surface area (Å²) < 4.78 is 4.94. The van der Waals surface area contributed by atoms with Crippen LogP contribution in [0.4, 0.5) is 0 Å². The van der Waals surface area contributed by atoms with Gasteiger partial charge in [0.15, 0.2) is 0 Å². The summed E-state index contributed by atoms with van der Waals surface area (Å²) in [5, 5.41) is 4.86. The third-order valence-corrected chi connectivity index (χ3v) is 4.58. The maximum atomic E-state index is 12.3. The van der Waals surface area contributed by atoms with Crippen molar-refractivity contribution in [2.24, 2.45) is 5.92 Å². The molecular formula is C14H20N2O3S. The van der Waals surface area contributed by atoms with Crippen molar-refractivity contribution in [2.75, 3.05) is 27.3 Å². The first kappa shape index (κ1) is 15.0. The Kier molecular flexibility index (Phi) is 5.14. The highest BCUT2D eigenvalue weighted by molar-refractivity contribution is 7.10. The zero-order valence-electron chi connectivity index (χ0n) is 11.8. The van der Waals surface area contributed by atoms with E-state index in [2.05, 4.69) is 5.32 Å². The van der Waals surface area contributed by atoms with Gasteiger partial charge in [0.2, 0.25) is 11.8 Å². The topological polar surface area (TPSA) is 58.6 Å². The Hall–Kier alpha value is -1.40.